The summed E-state index contributed by atoms with van der Waals surface area (Å²) in [5.74, 6) is 0.197. The Morgan fingerprint density at radius 2 is 1.63 bits per heavy atom. The second kappa shape index (κ2) is 6.07. The lowest BCUT2D eigenvalue weighted by Gasteiger charge is -2.10. The maximum absolute atomic E-state index is 12.5. The first kappa shape index (κ1) is 13.9. The van der Waals surface area contributed by atoms with E-state index in [-0.39, 0.29) is 5.78 Å². The first-order valence-corrected chi connectivity index (χ1v) is 7.57. The van der Waals surface area contributed by atoms with Crippen LogP contribution in [-0.4, -0.2) is 12.0 Å². The lowest BCUT2D eigenvalue weighted by Crippen LogP contribution is -2.07. The number of carbonyl (C=O) groups excluding carboxylic acids is 1. The zero-order valence-electron chi connectivity index (χ0n) is 11.6. The van der Waals surface area contributed by atoms with Crippen molar-refractivity contribution in [3.8, 4) is 0 Å². The largest absolute Gasteiger partial charge is 0.294 e. The number of benzene rings is 2. The van der Waals surface area contributed by atoms with E-state index in [2.05, 4.69) is 26.0 Å². The average molecular weight is 270 g/mol. The van der Waals surface area contributed by atoms with Crippen LogP contribution in [0, 0.1) is 13.8 Å². The van der Waals surface area contributed by atoms with Gasteiger partial charge in [-0.2, -0.15) is 0 Å². The van der Waals surface area contributed by atoms with Gasteiger partial charge < -0.3 is 0 Å². The molecule has 0 aliphatic heterocycles. The zero-order valence-corrected chi connectivity index (χ0v) is 12.4. The molecule has 98 valence electrons. The van der Waals surface area contributed by atoms with E-state index in [1.165, 1.54) is 11.1 Å². The Bertz CT molecular complexity index is 582. The normalized spacial score (nSPS) is 10.5. The minimum atomic E-state index is 0.197. The van der Waals surface area contributed by atoms with Crippen LogP contribution in [0.25, 0.3) is 0 Å². The molecule has 0 spiro atoms. The van der Waals surface area contributed by atoms with Crippen molar-refractivity contribution in [2.75, 3.05) is 6.26 Å². The van der Waals surface area contributed by atoms with Crippen LogP contribution in [-0.2, 0) is 6.42 Å². The molecular formula is C17H18OS. The fourth-order valence-corrected chi connectivity index (χ4v) is 2.88. The van der Waals surface area contributed by atoms with Gasteiger partial charge in [-0.15, -0.1) is 11.8 Å². The van der Waals surface area contributed by atoms with Gasteiger partial charge in [-0.3, -0.25) is 4.79 Å². The SMILES string of the molecule is CSc1ccccc1C(=O)Cc1c(C)cccc1C. The Kier molecular flexibility index (Phi) is 4.43. The minimum absolute atomic E-state index is 0.197. The van der Waals surface area contributed by atoms with E-state index in [0.29, 0.717) is 6.42 Å². The van der Waals surface area contributed by atoms with Crippen molar-refractivity contribution in [2.45, 2.75) is 25.2 Å². The Balaban J connectivity index is 2.31. The molecule has 19 heavy (non-hydrogen) atoms. The first-order valence-electron chi connectivity index (χ1n) is 6.34. The van der Waals surface area contributed by atoms with Crippen molar-refractivity contribution in [1.82, 2.24) is 0 Å². The van der Waals surface area contributed by atoms with Gasteiger partial charge >= 0.3 is 0 Å². The maximum Gasteiger partial charge on any atom is 0.168 e. The molecule has 1 nitrogen and oxygen atoms in total. The summed E-state index contributed by atoms with van der Waals surface area (Å²) in [4.78, 5) is 13.5. The smallest absolute Gasteiger partial charge is 0.168 e. The van der Waals surface area contributed by atoms with Crippen LogP contribution in [0.3, 0.4) is 0 Å². The lowest BCUT2D eigenvalue weighted by molar-refractivity contribution is 0.0990. The van der Waals surface area contributed by atoms with E-state index in [1.807, 2.05) is 36.6 Å². The number of ketones is 1. The van der Waals surface area contributed by atoms with Crippen LogP contribution in [0.15, 0.2) is 47.4 Å². The lowest BCUT2D eigenvalue weighted by atomic mass is 9.95. The molecule has 0 aromatic heterocycles. The molecular weight excluding hydrogens is 252 g/mol. The number of carbonyl (C=O) groups is 1. The molecule has 0 amide bonds. The van der Waals surface area contributed by atoms with Crippen LogP contribution >= 0.6 is 11.8 Å². The molecule has 2 aromatic rings. The fourth-order valence-electron chi connectivity index (χ4n) is 2.26. The third-order valence-electron chi connectivity index (χ3n) is 3.39. The van der Waals surface area contributed by atoms with E-state index in [4.69, 9.17) is 0 Å². The van der Waals surface area contributed by atoms with E-state index in [9.17, 15) is 4.79 Å². The van der Waals surface area contributed by atoms with Gasteiger partial charge in [-0.25, -0.2) is 0 Å². The number of hydrogen-bond donors (Lipinski definition) is 0. The van der Waals surface area contributed by atoms with Gasteiger partial charge in [0.25, 0.3) is 0 Å². The van der Waals surface area contributed by atoms with E-state index in [1.54, 1.807) is 11.8 Å². The molecule has 0 heterocycles. The first-order chi connectivity index (χ1) is 9.13. The van der Waals surface area contributed by atoms with Gasteiger partial charge in [0.15, 0.2) is 5.78 Å². The van der Waals surface area contributed by atoms with Crippen molar-refractivity contribution in [3.63, 3.8) is 0 Å². The standard InChI is InChI=1S/C17H18OS/c1-12-7-6-8-13(2)15(12)11-16(18)14-9-4-5-10-17(14)19-3/h4-10H,11H2,1-3H3. The van der Waals surface area contributed by atoms with Gasteiger partial charge in [-0.1, -0.05) is 36.4 Å². The molecule has 0 aliphatic carbocycles. The second-order valence-corrected chi connectivity index (χ2v) is 5.52. The van der Waals surface area contributed by atoms with E-state index < -0.39 is 0 Å². The summed E-state index contributed by atoms with van der Waals surface area (Å²) in [7, 11) is 0. The number of Topliss-reactive ketones (excluding diaryl/α,β-unsaturated/α-hetero) is 1. The van der Waals surface area contributed by atoms with Crippen LogP contribution in [0.1, 0.15) is 27.0 Å². The number of aryl methyl sites for hydroxylation is 2. The molecule has 0 atom stereocenters. The maximum atomic E-state index is 12.5. The molecule has 0 bridgehead atoms. The molecule has 2 aromatic carbocycles. The molecule has 0 N–H and O–H groups in total. The van der Waals surface area contributed by atoms with Gasteiger partial charge in [-0.05, 0) is 42.9 Å². The molecule has 0 saturated carbocycles. The summed E-state index contributed by atoms with van der Waals surface area (Å²) in [5.41, 5.74) is 4.37. The highest BCUT2D eigenvalue weighted by Crippen LogP contribution is 2.23. The van der Waals surface area contributed by atoms with Gasteiger partial charge in [0.1, 0.15) is 0 Å². The Labute approximate surface area is 119 Å². The molecule has 2 heteroatoms. The summed E-state index contributed by atoms with van der Waals surface area (Å²) in [5, 5.41) is 0. The number of hydrogen-bond acceptors (Lipinski definition) is 2. The summed E-state index contributed by atoms with van der Waals surface area (Å²) in [6.45, 7) is 4.13. The van der Waals surface area contributed by atoms with E-state index in [0.717, 1.165) is 16.0 Å². The van der Waals surface area contributed by atoms with Crippen molar-refractivity contribution >= 4 is 17.5 Å². The summed E-state index contributed by atoms with van der Waals surface area (Å²) < 4.78 is 0. The zero-order chi connectivity index (χ0) is 13.8. The van der Waals surface area contributed by atoms with Crippen LogP contribution in [0.2, 0.25) is 0 Å². The molecule has 0 unspecified atom stereocenters. The molecule has 0 saturated heterocycles. The van der Waals surface area contributed by atoms with Crippen LogP contribution in [0.5, 0.6) is 0 Å². The van der Waals surface area contributed by atoms with Crippen LogP contribution in [0.4, 0.5) is 0 Å². The van der Waals surface area contributed by atoms with Gasteiger partial charge in [0.2, 0.25) is 0 Å². The predicted molar refractivity (Wildman–Crippen MR) is 82.2 cm³/mol. The summed E-state index contributed by atoms with van der Waals surface area (Å²) in [6, 6.07) is 14.0. The summed E-state index contributed by atoms with van der Waals surface area (Å²) >= 11 is 1.62. The fraction of sp³-hybridized carbons (Fsp3) is 0.235. The summed E-state index contributed by atoms with van der Waals surface area (Å²) in [6.07, 6.45) is 2.49. The Hall–Kier alpha value is -1.54. The quantitative estimate of drug-likeness (QED) is 0.603. The highest BCUT2D eigenvalue weighted by atomic mass is 32.2. The van der Waals surface area contributed by atoms with Crippen LogP contribution < -0.4 is 0 Å². The third-order valence-corrected chi connectivity index (χ3v) is 4.19. The highest BCUT2D eigenvalue weighted by Gasteiger charge is 2.13. The molecule has 0 radical (unpaired) electrons. The number of thioether (sulfide) groups is 1. The highest BCUT2D eigenvalue weighted by molar-refractivity contribution is 7.98. The predicted octanol–water partition coefficient (Wildman–Crippen LogP) is 4.45. The van der Waals surface area contributed by atoms with Crippen molar-refractivity contribution in [2.24, 2.45) is 0 Å². The average Bonchev–Trinajstić information content (AvgIpc) is 2.42. The third kappa shape index (κ3) is 3.07. The topological polar surface area (TPSA) is 17.1 Å². The van der Waals surface area contributed by atoms with Gasteiger partial charge in [0, 0.05) is 16.9 Å². The monoisotopic (exact) mass is 270 g/mol. The van der Waals surface area contributed by atoms with Gasteiger partial charge in [0.05, 0.1) is 0 Å². The Morgan fingerprint density at radius 1 is 1.00 bits per heavy atom. The molecule has 0 fully saturated rings. The minimum Gasteiger partial charge on any atom is -0.294 e. The van der Waals surface area contributed by atoms with Crippen molar-refractivity contribution in [1.29, 1.82) is 0 Å². The molecule has 0 aliphatic rings. The number of rotatable bonds is 4. The van der Waals surface area contributed by atoms with Crippen molar-refractivity contribution in [3.05, 3.63) is 64.7 Å². The van der Waals surface area contributed by atoms with E-state index >= 15 is 0 Å². The Morgan fingerprint density at radius 3 is 2.26 bits per heavy atom. The second-order valence-electron chi connectivity index (χ2n) is 4.67. The molecule has 2 rings (SSSR count). The van der Waals surface area contributed by atoms with Crippen molar-refractivity contribution < 1.29 is 4.79 Å².